The van der Waals surface area contributed by atoms with Crippen LogP contribution in [0.1, 0.15) is 24.8 Å². The van der Waals surface area contributed by atoms with Crippen molar-refractivity contribution in [2.24, 2.45) is 5.92 Å². The Bertz CT molecular complexity index is 556. The molecule has 1 aliphatic carbocycles. The first-order valence-corrected chi connectivity index (χ1v) is 5.86. The number of nitrogens with zero attached hydrogens (tertiary/aromatic N) is 2. The lowest BCUT2D eigenvalue weighted by molar-refractivity contribution is 0.280. The summed E-state index contributed by atoms with van der Waals surface area (Å²) in [5.74, 6) is 0.867. The fourth-order valence-electron chi connectivity index (χ4n) is 2.38. The molecule has 0 unspecified atom stereocenters. The molecule has 0 atom stereocenters. The Morgan fingerprint density at radius 1 is 1.31 bits per heavy atom. The number of benzene rings is 1. The zero-order valence-electron chi connectivity index (χ0n) is 9.19. The van der Waals surface area contributed by atoms with Crippen LogP contribution >= 0.6 is 0 Å². The van der Waals surface area contributed by atoms with E-state index in [-0.39, 0.29) is 0 Å². The van der Waals surface area contributed by atoms with Gasteiger partial charge in [-0.3, -0.25) is 0 Å². The van der Waals surface area contributed by atoms with Gasteiger partial charge >= 0.3 is 0 Å². The molecule has 2 nitrogen and oxygen atoms in total. The highest BCUT2D eigenvalue weighted by molar-refractivity contribution is 5.81. The average Bonchev–Trinajstić information content (AvgIpc) is 2.65. The van der Waals surface area contributed by atoms with E-state index >= 15 is 0 Å². The molecule has 16 heavy (non-hydrogen) atoms. The smallest absolute Gasteiger partial charge is 0.0991 e. The van der Waals surface area contributed by atoms with Gasteiger partial charge in [0.25, 0.3) is 0 Å². The van der Waals surface area contributed by atoms with Crippen molar-refractivity contribution in [2.75, 3.05) is 0 Å². The Morgan fingerprint density at radius 3 is 2.88 bits per heavy atom. The summed E-state index contributed by atoms with van der Waals surface area (Å²) in [4.78, 5) is 0. The molecule has 1 saturated carbocycles. The van der Waals surface area contributed by atoms with Crippen molar-refractivity contribution >= 4 is 10.9 Å². The van der Waals surface area contributed by atoms with Gasteiger partial charge in [-0.05, 0) is 43.0 Å². The molecule has 1 aliphatic rings. The molecule has 2 heteroatoms. The van der Waals surface area contributed by atoms with E-state index in [2.05, 4.69) is 29.0 Å². The van der Waals surface area contributed by atoms with E-state index < -0.39 is 0 Å². The normalized spacial score (nSPS) is 15.9. The lowest BCUT2D eigenvalue weighted by Gasteiger charge is -2.26. The number of rotatable bonds is 2. The van der Waals surface area contributed by atoms with Crippen LogP contribution in [-0.4, -0.2) is 4.57 Å². The zero-order chi connectivity index (χ0) is 11.0. The number of nitriles is 1. The van der Waals surface area contributed by atoms with E-state index in [1.54, 1.807) is 0 Å². The van der Waals surface area contributed by atoms with Crippen molar-refractivity contribution in [3.63, 3.8) is 0 Å². The Labute approximate surface area is 95.1 Å². The van der Waals surface area contributed by atoms with Gasteiger partial charge in [-0.2, -0.15) is 5.26 Å². The molecule has 1 aromatic heterocycles. The second kappa shape index (κ2) is 3.68. The summed E-state index contributed by atoms with van der Waals surface area (Å²) in [5, 5.41) is 10.0. The summed E-state index contributed by atoms with van der Waals surface area (Å²) in [6.45, 7) is 1.13. The van der Waals surface area contributed by atoms with E-state index in [4.69, 9.17) is 5.26 Å². The van der Waals surface area contributed by atoms with Crippen LogP contribution in [0.5, 0.6) is 0 Å². The fourth-order valence-corrected chi connectivity index (χ4v) is 2.38. The number of aromatic nitrogens is 1. The summed E-state index contributed by atoms with van der Waals surface area (Å²) in [5.41, 5.74) is 2.00. The summed E-state index contributed by atoms with van der Waals surface area (Å²) >= 11 is 0. The highest BCUT2D eigenvalue weighted by Gasteiger charge is 2.18. The van der Waals surface area contributed by atoms with Crippen LogP contribution in [0.4, 0.5) is 0 Å². The van der Waals surface area contributed by atoms with Gasteiger partial charge in [0.15, 0.2) is 0 Å². The van der Waals surface area contributed by atoms with E-state index in [0.717, 1.165) is 18.0 Å². The van der Waals surface area contributed by atoms with Crippen LogP contribution in [0.3, 0.4) is 0 Å². The molecule has 0 bridgehead atoms. The van der Waals surface area contributed by atoms with Gasteiger partial charge in [-0.1, -0.05) is 6.42 Å². The fraction of sp³-hybridized carbons (Fsp3) is 0.357. The van der Waals surface area contributed by atoms with E-state index in [0.29, 0.717) is 0 Å². The highest BCUT2D eigenvalue weighted by atomic mass is 15.0. The molecule has 0 radical (unpaired) electrons. The topological polar surface area (TPSA) is 28.7 Å². The van der Waals surface area contributed by atoms with Crippen LogP contribution in [0.2, 0.25) is 0 Å². The molecular formula is C14H14N2. The van der Waals surface area contributed by atoms with Crippen molar-refractivity contribution in [1.29, 1.82) is 5.26 Å². The number of hydrogen-bond donors (Lipinski definition) is 0. The first-order chi connectivity index (χ1) is 7.86. The molecule has 0 saturated heterocycles. The standard InChI is InChI=1S/C14H14N2/c15-9-12-4-5-14-13(8-12)6-7-16(14)10-11-2-1-3-11/h4-8,11H,1-3,10H2. The van der Waals surface area contributed by atoms with Crippen molar-refractivity contribution < 1.29 is 0 Å². The van der Waals surface area contributed by atoms with Crippen LogP contribution in [0.15, 0.2) is 30.5 Å². The maximum Gasteiger partial charge on any atom is 0.0991 e. The van der Waals surface area contributed by atoms with Gasteiger partial charge < -0.3 is 4.57 Å². The quantitative estimate of drug-likeness (QED) is 0.747. The van der Waals surface area contributed by atoms with Gasteiger partial charge in [-0.25, -0.2) is 0 Å². The van der Waals surface area contributed by atoms with Gasteiger partial charge in [0.2, 0.25) is 0 Å². The Balaban J connectivity index is 1.97. The van der Waals surface area contributed by atoms with Gasteiger partial charge in [-0.15, -0.1) is 0 Å². The summed E-state index contributed by atoms with van der Waals surface area (Å²) < 4.78 is 2.32. The SMILES string of the molecule is N#Cc1ccc2c(ccn2CC2CCC2)c1. The summed E-state index contributed by atoms with van der Waals surface area (Å²) in [6.07, 6.45) is 6.28. The van der Waals surface area contributed by atoms with Gasteiger partial charge in [0.05, 0.1) is 11.6 Å². The molecule has 0 aliphatic heterocycles. The van der Waals surface area contributed by atoms with Crippen molar-refractivity contribution in [2.45, 2.75) is 25.8 Å². The third kappa shape index (κ3) is 1.49. The monoisotopic (exact) mass is 210 g/mol. The van der Waals surface area contributed by atoms with Gasteiger partial charge in [0.1, 0.15) is 0 Å². The van der Waals surface area contributed by atoms with E-state index in [1.165, 1.54) is 30.2 Å². The lowest BCUT2D eigenvalue weighted by atomic mass is 9.85. The molecular weight excluding hydrogens is 196 g/mol. The Hall–Kier alpha value is -1.75. The highest BCUT2D eigenvalue weighted by Crippen LogP contribution is 2.29. The molecule has 3 rings (SSSR count). The first-order valence-electron chi connectivity index (χ1n) is 5.86. The Kier molecular flexibility index (Phi) is 2.18. The number of hydrogen-bond acceptors (Lipinski definition) is 1. The molecule has 1 aromatic carbocycles. The minimum Gasteiger partial charge on any atom is -0.347 e. The molecule has 1 fully saturated rings. The molecule has 0 amide bonds. The molecule has 0 spiro atoms. The van der Waals surface area contributed by atoms with E-state index in [9.17, 15) is 0 Å². The second-order valence-corrected chi connectivity index (χ2v) is 4.65. The molecule has 1 heterocycles. The minimum absolute atomic E-state index is 0.744. The average molecular weight is 210 g/mol. The lowest BCUT2D eigenvalue weighted by Crippen LogP contribution is -2.17. The second-order valence-electron chi connectivity index (χ2n) is 4.65. The largest absolute Gasteiger partial charge is 0.347 e. The summed E-state index contributed by atoms with van der Waals surface area (Å²) in [6, 6.07) is 10.2. The predicted molar refractivity (Wildman–Crippen MR) is 64.0 cm³/mol. The maximum absolute atomic E-state index is 8.84. The van der Waals surface area contributed by atoms with E-state index in [1.807, 2.05) is 12.1 Å². The predicted octanol–water partition coefficient (Wildman–Crippen LogP) is 3.31. The van der Waals surface area contributed by atoms with Crippen LogP contribution in [-0.2, 0) is 6.54 Å². The third-order valence-electron chi connectivity index (χ3n) is 3.58. The first kappa shape index (κ1) is 9.47. The van der Waals surface area contributed by atoms with Crippen molar-refractivity contribution in [3.05, 3.63) is 36.0 Å². The maximum atomic E-state index is 8.84. The Morgan fingerprint density at radius 2 is 2.19 bits per heavy atom. The van der Waals surface area contributed by atoms with Gasteiger partial charge in [0, 0.05) is 23.6 Å². The van der Waals surface area contributed by atoms with Crippen LogP contribution in [0, 0.1) is 17.2 Å². The molecule has 0 N–H and O–H groups in total. The molecule has 80 valence electrons. The molecule has 2 aromatic rings. The minimum atomic E-state index is 0.744. The van der Waals surface area contributed by atoms with Crippen molar-refractivity contribution in [3.8, 4) is 6.07 Å². The van der Waals surface area contributed by atoms with Crippen LogP contribution < -0.4 is 0 Å². The van der Waals surface area contributed by atoms with Crippen LogP contribution in [0.25, 0.3) is 10.9 Å². The zero-order valence-corrected chi connectivity index (χ0v) is 9.19. The van der Waals surface area contributed by atoms with Crippen molar-refractivity contribution in [1.82, 2.24) is 4.57 Å². The summed E-state index contributed by atoms with van der Waals surface area (Å²) in [7, 11) is 0. The third-order valence-corrected chi connectivity index (χ3v) is 3.58. The number of fused-ring (bicyclic) bond motifs is 1.